The molecular weight excluding hydrogens is 384 g/mol. The third-order valence-electron chi connectivity index (χ3n) is 5.43. The first-order valence-corrected chi connectivity index (χ1v) is 9.60. The number of hydrogen-bond donors (Lipinski definition) is 0. The summed E-state index contributed by atoms with van der Waals surface area (Å²) in [6.45, 7) is 4.29. The van der Waals surface area contributed by atoms with Gasteiger partial charge in [-0.1, -0.05) is 22.4 Å². The Balaban J connectivity index is 1.47. The van der Waals surface area contributed by atoms with Gasteiger partial charge in [0.25, 0.3) is 5.91 Å². The Bertz CT molecular complexity index is 833. The molecule has 0 spiro atoms. The molecule has 132 valence electrons. The summed E-state index contributed by atoms with van der Waals surface area (Å²) in [6, 6.07) is 5.75. The number of carbonyl (C=O) groups is 2. The molecule has 25 heavy (non-hydrogen) atoms. The fraction of sp³-hybridized carbons (Fsp3) is 0.474. The number of halogens is 1. The highest BCUT2D eigenvalue weighted by Crippen LogP contribution is 2.30. The third kappa shape index (κ3) is 2.97. The highest BCUT2D eigenvalue weighted by atomic mass is 79.9. The van der Waals surface area contributed by atoms with Crippen LogP contribution in [0.1, 0.15) is 35.4 Å². The van der Waals surface area contributed by atoms with Crippen LogP contribution in [-0.2, 0) is 4.79 Å². The largest absolute Gasteiger partial charge is 0.451 e. The van der Waals surface area contributed by atoms with Crippen LogP contribution in [0.3, 0.4) is 0 Å². The number of fused-ring (bicyclic) bond motifs is 1. The molecule has 0 bridgehead atoms. The average Bonchev–Trinajstić information content (AvgIpc) is 2.89. The number of rotatable bonds is 2. The van der Waals surface area contributed by atoms with E-state index in [1.165, 1.54) is 0 Å². The first-order chi connectivity index (χ1) is 12.0. The van der Waals surface area contributed by atoms with Gasteiger partial charge in [0, 0.05) is 47.5 Å². The molecule has 6 heteroatoms. The van der Waals surface area contributed by atoms with Crippen LogP contribution >= 0.6 is 15.9 Å². The van der Waals surface area contributed by atoms with Gasteiger partial charge in [0.2, 0.25) is 5.91 Å². The molecule has 2 aliphatic rings. The SMILES string of the molecule is Cc1c(C(=O)N2CCN(C(=O)C3CCC3)CC2)oc2ccc(Br)cc12. The molecule has 5 nitrogen and oxygen atoms in total. The molecule has 1 aromatic heterocycles. The first-order valence-electron chi connectivity index (χ1n) is 8.81. The van der Waals surface area contributed by atoms with Gasteiger partial charge in [-0.15, -0.1) is 0 Å². The second-order valence-electron chi connectivity index (χ2n) is 6.94. The topological polar surface area (TPSA) is 53.8 Å². The maximum atomic E-state index is 12.9. The molecule has 0 N–H and O–H groups in total. The van der Waals surface area contributed by atoms with Crippen molar-refractivity contribution in [2.24, 2.45) is 5.92 Å². The van der Waals surface area contributed by atoms with Crippen molar-refractivity contribution in [2.75, 3.05) is 26.2 Å². The summed E-state index contributed by atoms with van der Waals surface area (Å²) in [4.78, 5) is 28.9. The van der Waals surface area contributed by atoms with E-state index in [2.05, 4.69) is 15.9 Å². The van der Waals surface area contributed by atoms with Crippen LogP contribution in [0, 0.1) is 12.8 Å². The van der Waals surface area contributed by atoms with E-state index in [-0.39, 0.29) is 17.7 Å². The minimum atomic E-state index is -0.0828. The molecule has 4 rings (SSSR count). The van der Waals surface area contributed by atoms with Crippen molar-refractivity contribution < 1.29 is 14.0 Å². The van der Waals surface area contributed by atoms with Gasteiger partial charge in [-0.05, 0) is 38.0 Å². The van der Waals surface area contributed by atoms with Gasteiger partial charge < -0.3 is 14.2 Å². The lowest BCUT2D eigenvalue weighted by atomic mass is 9.84. The monoisotopic (exact) mass is 404 g/mol. The van der Waals surface area contributed by atoms with E-state index in [0.29, 0.717) is 31.9 Å². The maximum absolute atomic E-state index is 12.9. The molecule has 1 saturated heterocycles. The van der Waals surface area contributed by atoms with Gasteiger partial charge in [-0.2, -0.15) is 0 Å². The fourth-order valence-electron chi connectivity index (χ4n) is 3.58. The summed E-state index contributed by atoms with van der Waals surface area (Å²) >= 11 is 3.46. The fourth-order valence-corrected chi connectivity index (χ4v) is 3.95. The van der Waals surface area contributed by atoms with E-state index in [0.717, 1.165) is 40.3 Å². The minimum absolute atomic E-state index is 0.0828. The van der Waals surface area contributed by atoms with E-state index in [4.69, 9.17) is 4.42 Å². The van der Waals surface area contributed by atoms with Crippen LogP contribution in [0.2, 0.25) is 0 Å². The number of hydrogen-bond acceptors (Lipinski definition) is 3. The van der Waals surface area contributed by atoms with Crippen molar-refractivity contribution in [2.45, 2.75) is 26.2 Å². The van der Waals surface area contributed by atoms with Crippen molar-refractivity contribution in [1.29, 1.82) is 0 Å². The first kappa shape index (κ1) is 16.6. The predicted octanol–water partition coefficient (Wildman–Crippen LogP) is 3.59. The number of carbonyl (C=O) groups excluding carboxylic acids is 2. The van der Waals surface area contributed by atoms with Crippen molar-refractivity contribution in [3.8, 4) is 0 Å². The predicted molar refractivity (Wildman–Crippen MR) is 98.5 cm³/mol. The summed E-state index contributed by atoms with van der Waals surface area (Å²) in [5.74, 6) is 0.814. The van der Waals surface area contributed by atoms with Crippen LogP contribution in [0.25, 0.3) is 11.0 Å². The Kier molecular flexibility index (Phi) is 4.31. The lowest BCUT2D eigenvalue weighted by Crippen LogP contribution is -2.52. The van der Waals surface area contributed by atoms with Gasteiger partial charge in [-0.3, -0.25) is 9.59 Å². The lowest BCUT2D eigenvalue weighted by Gasteiger charge is -2.38. The van der Waals surface area contributed by atoms with E-state index in [1.807, 2.05) is 30.0 Å². The van der Waals surface area contributed by atoms with Crippen LogP contribution < -0.4 is 0 Å². The smallest absolute Gasteiger partial charge is 0.290 e. The highest BCUT2D eigenvalue weighted by Gasteiger charge is 2.33. The van der Waals surface area contributed by atoms with E-state index < -0.39 is 0 Å². The second-order valence-corrected chi connectivity index (χ2v) is 7.86. The van der Waals surface area contributed by atoms with Crippen LogP contribution in [-0.4, -0.2) is 47.8 Å². The highest BCUT2D eigenvalue weighted by molar-refractivity contribution is 9.10. The molecule has 2 amide bonds. The van der Waals surface area contributed by atoms with Crippen molar-refractivity contribution in [1.82, 2.24) is 9.80 Å². The number of furan rings is 1. The zero-order chi connectivity index (χ0) is 17.6. The van der Waals surface area contributed by atoms with Gasteiger partial charge >= 0.3 is 0 Å². The number of amides is 2. The molecule has 2 fully saturated rings. The average molecular weight is 405 g/mol. The van der Waals surface area contributed by atoms with Crippen LogP contribution in [0.15, 0.2) is 27.1 Å². The summed E-state index contributed by atoms with van der Waals surface area (Å²) in [5.41, 5.74) is 1.59. The van der Waals surface area contributed by atoms with Crippen LogP contribution in [0.5, 0.6) is 0 Å². The van der Waals surface area contributed by atoms with Crippen LogP contribution in [0.4, 0.5) is 0 Å². The van der Waals surface area contributed by atoms with Crippen molar-refractivity contribution in [3.63, 3.8) is 0 Å². The van der Waals surface area contributed by atoms with Crippen molar-refractivity contribution >= 4 is 38.7 Å². The molecule has 1 saturated carbocycles. The molecular formula is C19H21BrN2O3. The zero-order valence-electron chi connectivity index (χ0n) is 14.3. The molecule has 2 heterocycles. The molecule has 1 aliphatic heterocycles. The summed E-state index contributed by atoms with van der Waals surface area (Å²) < 4.78 is 6.78. The van der Waals surface area contributed by atoms with Gasteiger partial charge in [0.15, 0.2) is 5.76 Å². The van der Waals surface area contributed by atoms with Gasteiger partial charge in [0.05, 0.1) is 0 Å². The number of nitrogens with zero attached hydrogens (tertiary/aromatic N) is 2. The number of aryl methyl sites for hydroxylation is 1. The summed E-state index contributed by atoms with van der Waals surface area (Å²) in [5, 5.41) is 0.955. The zero-order valence-corrected chi connectivity index (χ0v) is 15.8. The molecule has 0 atom stereocenters. The Labute approximate surface area is 155 Å². The molecule has 0 unspecified atom stereocenters. The minimum Gasteiger partial charge on any atom is -0.451 e. The molecule has 1 aliphatic carbocycles. The van der Waals surface area contributed by atoms with E-state index >= 15 is 0 Å². The van der Waals surface area contributed by atoms with E-state index in [1.54, 1.807) is 4.90 Å². The maximum Gasteiger partial charge on any atom is 0.290 e. The summed E-state index contributed by atoms with van der Waals surface area (Å²) in [6.07, 6.45) is 3.20. The lowest BCUT2D eigenvalue weighted by molar-refractivity contribution is -0.139. The Hall–Kier alpha value is -1.82. The molecule has 0 radical (unpaired) electrons. The summed E-state index contributed by atoms with van der Waals surface area (Å²) in [7, 11) is 0. The Morgan fingerprint density at radius 3 is 2.44 bits per heavy atom. The standard InChI is InChI=1S/C19H21BrN2O3/c1-12-15-11-14(20)5-6-16(15)25-17(12)19(24)22-9-7-21(8-10-22)18(23)13-3-2-4-13/h5-6,11,13H,2-4,7-10H2,1H3. The third-order valence-corrected chi connectivity index (χ3v) is 5.92. The Morgan fingerprint density at radius 2 is 1.80 bits per heavy atom. The quantitative estimate of drug-likeness (QED) is 0.768. The van der Waals surface area contributed by atoms with Gasteiger partial charge in [0.1, 0.15) is 5.58 Å². The normalized spacial score (nSPS) is 18.5. The molecule has 1 aromatic carbocycles. The second kappa shape index (κ2) is 6.48. The number of benzene rings is 1. The van der Waals surface area contributed by atoms with Gasteiger partial charge in [-0.25, -0.2) is 0 Å². The Morgan fingerprint density at radius 1 is 1.12 bits per heavy atom. The number of piperazine rings is 1. The van der Waals surface area contributed by atoms with E-state index in [9.17, 15) is 9.59 Å². The molecule has 2 aromatic rings. The van der Waals surface area contributed by atoms with Crippen molar-refractivity contribution in [3.05, 3.63) is 34.0 Å².